The van der Waals surface area contributed by atoms with E-state index < -0.39 is 5.60 Å². The smallest absolute Gasteiger partial charge is 0.410 e. The van der Waals surface area contributed by atoms with E-state index in [1.165, 1.54) is 0 Å². The number of benzene rings is 1. The zero-order chi connectivity index (χ0) is 26.1. The maximum absolute atomic E-state index is 13.4. The third-order valence-electron chi connectivity index (χ3n) is 6.63. The quantitative estimate of drug-likeness (QED) is 0.612. The van der Waals surface area contributed by atoms with Crippen molar-refractivity contribution in [3.05, 3.63) is 29.8 Å². The van der Waals surface area contributed by atoms with Crippen LogP contribution in [0.5, 0.6) is 5.75 Å². The third kappa shape index (κ3) is 8.40. The van der Waals surface area contributed by atoms with Crippen molar-refractivity contribution in [3.8, 4) is 5.75 Å². The minimum absolute atomic E-state index is 0.00602. The van der Waals surface area contributed by atoms with Crippen LogP contribution in [0.25, 0.3) is 0 Å². The highest BCUT2D eigenvalue weighted by atomic mass is 16.6. The van der Waals surface area contributed by atoms with Gasteiger partial charge in [-0.1, -0.05) is 12.1 Å². The van der Waals surface area contributed by atoms with Crippen LogP contribution in [0.4, 0.5) is 4.79 Å². The van der Waals surface area contributed by atoms with Crippen LogP contribution >= 0.6 is 0 Å². The van der Waals surface area contributed by atoms with Crippen LogP contribution in [0.15, 0.2) is 24.3 Å². The molecule has 2 aliphatic rings. The summed E-state index contributed by atoms with van der Waals surface area (Å²) in [6.45, 7) is 9.44. The number of nitrogens with one attached hydrogen (secondary N) is 2. The predicted molar refractivity (Wildman–Crippen MR) is 138 cm³/mol. The molecule has 1 saturated heterocycles. The average Bonchev–Trinajstić information content (AvgIpc) is 2.83. The number of carbonyl (C=O) groups excluding carboxylic acids is 3. The summed E-state index contributed by atoms with van der Waals surface area (Å²) in [4.78, 5) is 42.4. The molecule has 3 amide bonds. The zero-order valence-electron chi connectivity index (χ0n) is 22.2. The maximum Gasteiger partial charge on any atom is 0.410 e. The fraction of sp³-hybridized carbons (Fsp3) is 0.667. The molecule has 2 N–H and O–H groups in total. The fourth-order valence-corrected chi connectivity index (χ4v) is 4.59. The Morgan fingerprint density at radius 3 is 2.47 bits per heavy atom. The first-order valence-electron chi connectivity index (χ1n) is 13.1. The van der Waals surface area contributed by atoms with E-state index in [0.717, 1.165) is 25.9 Å². The van der Waals surface area contributed by atoms with Gasteiger partial charge in [-0.3, -0.25) is 9.59 Å². The molecule has 1 atom stereocenters. The molecule has 200 valence electrons. The van der Waals surface area contributed by atoms with Crippen molar-refractivity contribution in [2.24, 2.45) is 5.92 Å². The Hall–Kier alpha value is -2.81. The van der Waals surface area contributed by atoms with Crippen LogP contribution in [-0.4, -0.2) is 85.7 Å². The van der Waals surface area contributed by atoms with Crippen molar-refractivity contribution in [2.75, 3.05) is 46.4 Å². The topological polar surface area (TPSA) is 100 Å². The maximum atomic E-state index is 13.4. The number of nitrogens with zero attached hydrogens (tertiary/aromatic N) is 2. The Labute approximate surface area is 214 Å². The standard InChI is InChI=1S/C27H42N4O5/c1-27(2,3)36-26(34)31-16-11-20(12-17-31)22-19-24(32)30(4)15-7-13-28-14-8-18-35-23-10-6-5-9-21(23)25(33)29-22/h5-6,9-10,20,22,28H,7-8,11-19H2,1-4H3,(H,29,33). The van der Waals surface area contributed by atoms with Gasteiger partial charge in [0, 0.05) is 39.1 Å². The monoisotopic (exact) mass is 502 g/mol. The van der Waals surface area contributed by atoms with Gasteiger partial charge >= 0.3 is 6.09 Å². The van der Waals surface area contributed by atoms with Crippen LogP contribution in [0.3, 0.4) is 0 Å². The Balaban J connectivity index is 1.74. The Morgan fingerprint density at radius 1 is 1.06 bits per heavy atom. The predicted octanol–water partition coefficient (Wildman–Crippen LogP) is 3.04. The summed E-state index contributed by atoms with van der Waals surface area (Å²) >= 11 is 0. The van der Waals surface area contributed by atoms with Gasteiger partial charge in [0.1, 0.15) is 11.4 Å². The van der Waals surface area contributed by atoms with Crippen molar-refractivity contribution in [1.82, 2.24) is 20.4 Å². The van der Waals surface area contributed by atoms with Gasteiger partial charge in [-0.05, 0) is 77.6 Å². The first-order chi connectivity index (χ1) is 17.1. The number of likely N-dealkylation sites (tertiary alicyclic amines) is 1. The van der Waals surface area contributed by atoms with Gasteiger partial charge in [-0.15, -0.1) is 0 Å². The molecule has 0 radical (unpaired) electrons. The minimum atomic E-state index is -0.549. The molecule has 9 heteroatoms. The number of piperidine rings is 1. The lowest BCUT2D eigenvalue weighted by atomic mass is 9.87. The largest absolute Gasteiger partial charge is 0.493 e. The molecule has 9 nitrogen and oxygen atoms in total. The first kappa shape index (κ1) is 27.8. The van der Waals surface area contributed by atoms with Gasteiger partial charge in [0.25, 0.3) is 5.91 Å². The van der Waals surface area contributed by atoms with Gasteiger partial charge in [-0.2, -0.15) is 0 Å². The Morgan fingerprint density at radius 2 is 1.75 bits per heavy atom. The van der Waals surface area contributed by atoms with Crippen molar-refractivity contribution in [3.63, 3.8) is 0 Å². The number of rotatable bonds is 1. The number of amides is 3. The summed E-state index contributed by atoms with van der Waals surface area (Å²) < 4.78 is 11.4. The van der Waals surface area contributed by atoms with E-state index in [4.69, 9.17) is 9.47 Å². The average molecular weight is 503 g/mol. The van der Waals surface area contributed by atoms with E-state index in [-0.39, 0.29) is 36.3 Å². The number of ether oxygens (including phenoxy) is 2. The number of fused-ring (bicyclic) bond motifs is 1. The molecule has 0 aromatic heterocycles. The molecule has 1 fully saturated rings. The van der Waals surface area contributed by atoms with Crippen LogP contribution in [0.2, 0.25) is 0 Å². The van der Waals surface area contributed by atoms with Gasteiger partial charge in [0.05, 0.1) is 12.2 Å². The minimum Gasteiger partial charge on any atom is -0.493 e. The molecular weight excluding hydrogens is 460 g/mol. The molecule has 0 bridgehead atoms. The lowest BCUT2D eigenvalue weighted by Crippen LogP contribution is -2.49. The highest BCUT2D eigenvalue weighted by molar-refractivity contribution is 5.97. The summed E-state index contributed by atoms with van der Waals surface area (Å²) in [6.07, 6.45) is 2.95. The highest BCUT2D eigenvalue weighted by Crippen LogP contribution is 2.26. The summed E-state index contributed by atoms with van der Waals surface area (Å²) in [6, 6.07) is 6.88. The molecule has 2 aliphatic heterocycles. The second-order valence-electron chi connectivity index (χ2n) is 10.7. The Kier molecular flexibility index (Phi) is 9.98. The zero-order valence-corrected chi connectivity index (χ0v) is 22.2. The summed E-state index contributed by atoms with van der Waals surface area (Å²) in [7, 11) is 1.82. The lowest BCUT2D eigenvalue weighted by Gasteiger charge is -2.37. The van der Waals surface area contributed by atoms with Crippen LogP contribution in [-0.2, 0) is 9.53 Å². The van der Waals surface area contributed by atoms with E-state index in [1.54, 1.807) is 21.9 Å². The van der Waals surface area contributed by atoms with Gasteiger partial charge in [0.15, 0.2) is 0 Å². The van der Waals surface area contributed by atoms with E-state index >= 15 is 0 Å². The number of para-hydroxylation sites is 1. The fourth-order valence-electron chi connectivity index (χ4n) is 4.59. The van der Waals surface area contributed by atoms with Crippen molar-refractivity contribution >= 4 is 17.9 Å². The summed E-state index contributed by atoms with van der Waals surface area (Å²) in [5.74, 6) is 0.375. The molecule has 3 rings (SSSR count). The van der Waals surface area contributed by atoms with Crippen LogP contribution in [0, 0.1) is 5.92 Å². The van der Waals surface area contributed by atoms with Crippen molar-refractivity contribution in [1.29, 1.82) is 0 Å². The van der Waals surface area contributed by atoms with Crippen molar-refractivity contribution < 1.29 is 23.9 Å². The second-order valence-corrected chi connectivity index (χ2v) is 10.7. The van der Waals surface area contributed by atoms with Crippen LogP contribution < -0.4 is 15.4 Å². The molecule has 1 aromatic carbocycles. The van der Waals surface area contributed by atoms with Gasteiger partial charge < -0.3 is 29.9 Å². The van der Waals surface area contributed by atoms with E-state index in [2.05, 4.69) is 10.6 Å². The lowest BCUT2D eigenvalue weighted by molar-refractivity contribution is -0.130. The number of hydrogen-bond donors (Lipinski definition) is 2. The van der Waals surface area contributed by atoms with Gasteiger partial charge in [-0.25, -0.2) is 4.79 Å². The number of hydrogen-bond acceptors (Lipinski definition) is 6. The molecule has 36 heavy (non-hydrogen) atoms. The first-order valence-corrected chi connectivity index (χ1v) is 13.1. The SMILES string of the molecule is CN1CCCNCCCOc2ccccc2C(=O)NC(C2CCN(C(=O)OC(C)(C)C)CC2)CC1=O. The third-order valence-corrected chi connectivity index (χ3v) is 6.63. The van der Waals surface area contributed by atoms with Gasteiger partial charge in [0.2, 0.25) is 5.91 Å². The molecule has 0 saturated carbocycles. The van der Waals surface area contributed by atoms with Crippen molar-refractivity contribution in [2.45, 2.75) is 64.5 Å². The Bertz CT molecular complexity index is 892. The molecule has 2 heterocycles. The highest BCUT2D eigenvalue weighted by Gasteiger charge is 2.33. The number of carbonyl (C=O) groups is 3. The normalized spacial score (nSPS) is 21.8. The molecule has 1 aromatic rings. The molecule has 0 spiro atoms. The second kappa shape index (κ2) is 12.9. The molecular formula is C27H42N4O5. The van der Waals surface area contributed by atoms with E-state index in [9.17, 15) is 14.4 Å². The summed E-state index contributed by atoms with van der Waals surface area (Å²) in [5.41, 5.74) is -0.0815. The summed E-state index contributed by atoms with van der Waals surface area (Å²) in [5, 5.41) is 6.53. The van der Waals surface area contributed by atoms with E-state index in [0.29, 0.717) is 50.4 Å². The molecule has 1 unspecified atom stereocenters. The molecule has 0 aliphatic carbocycles. The van der Waals surface area contributed by atoms with Crippen LogP contribution in [0.1, 0.15) is 63.2 Å². The van der Waals surface area contributed by atoms with E-state index in [1.807, 2.05) is 40.0 Å².